The second kappa shape index (κ2) is 6.18. The Balaban J connectivity index is 2.42. The number of anilines is 1. The first-order valence-corrected chi connectivity index (χ1v) is 7.72. The van der Waals surface area contributed by atoms with Gasteiger partial charge in [-0.1, -0.05) is 12.1 Å². The zero-order valence-corrected chi connectivity index (χ0v) is 12.6. The average molecular weight is 353 g/mol. The largest absolute Gasteiger partial charge is 0.507 e. The minimum absolute atomic E-state index is 0.0623. The zero-order valence-electron chi connectivity index (χ0n) is 11.8. The molecule has 2 rings (SSSR count). The van der Waals surface area contributed by atoms with Crippen molar-refractivity contribution in [3.05, 3.63) is 47.5 Å². The molecule has 126 valence electrons. The number of carbonyl (C=O) groups is 2. The van der Waals surface area contributed by atoms with E-state index in [1.165, 1.54) is 24.3 Å². The lowest BCUT2D eigenvalue weighted by molar-refractivity contribution is 0.0698. The van der Waals surface area contributed by atoms with Gasteiger partial charge in [0.1, 0.15) is 16.4 Å². The Morgan fingerprint density at radius 3 is 2.17 bits per heavy atom. The van der Waals surface area contributed by atoms with Crippen LogP contribution in [0.4, 0.5) is 5.69 Å². The Morgan fingerprint density at radius 2 is 1.58 bits per heavy atom. The van der Waals surface area contributed by atoms with Crippen molar-refractivity contribution in [3.63, 3.8) is 0 Å². The molecule has 0 atom stereocenters. The number of hydrogen-bond acceptors (Lipinski definition) is 6. The molecule has 0 unspecified atom stereocenters. The number of nitrogens with one attached hydrogen (secondary N) is 1. The molecule has 0 radical (unpaired) electrons. The summed E-state index contributed by atoms with van der Waals surface area (Å²) in [6, 6.07) is 6.62. The average Bonchev–Trinajstić information content (AvgIpc) is 2.48. The molecule has 0 aromatic heterocycles. The SMILES string of the molecule is O=C(Nc1ccccc1C(=O)O)c1cc(O)c(S(=O)(=O)O)cc1O. The normalized spacial score (nSPS) is 11.0. The molecule has 2 aromatic rings. The van der Waals surface area contributed by atoms with E-state index < -0.39 is 44.0 Å². The number of phenolic OH excluding ortho intramolecular Hbond substituents is 2. The van der Waals surface area contributed by atoms with Crippen LogP contribution in [0.2, 0.25) is 0 Å². The van der Waals surface area contributed by atoms with Crippen LogP contribution in [-0.4, -0.2) is 40.2 Å². The molecular weight excluding hydrogens is 342 g/mol. The molecule has 0 aliphatic rings. The Labute approximate surface area is 135 Å². The number of carboxylic acids is 1. The molecule has 10 heteroatoms. The van der Waals surface area contributed by atoms with E-state index >= 15 is 0 Å². The van der Waals surface area contributed by atoms with Crippen LogP contribution in [0.1, 0.15) is 20.7 Å². The van der Waals surface area contributed by atoms with Crippen molar-refractivity contribution in [3.8, 4) is 11.5 Å². The number of aromatic carboxylic acids is 1. The number of para-hydroxylation sites is 1. The molecule has 0 fully saturated rings. The molecule has 9 nitrogen and oxygen atoms in total. The number of amides is 1. The van der Waals surface area contributed by atoms with Gasteiger partial charge >= 0.3 is 5.97 Å². The van der Waals surface area contributed by atoms with Crippen molar-refractivity contribution in [2.45, 2.75) is 4.90 Å². The number of aromatic hydroxyl groups is 2. The first kappa shape index (κ1) is 17.2. The fraction of sp³-hybridized carbons (Fsp3) is 0. The molecule has 0 aliphatic heterocycles. The van der Waals surface area contributed by atoms with Gasteiger partial charge in [-0.25, -0.2) is 4.79 Å². The third-order valence-electron chi connectivity index (χ3n) is 3.01. The third kappa shape index (κ3) is 3.45. The maximum Gasteiger partial charge on any atom is 0.337 e. The lowest BCUT2D eigenvalue weighted by Gasteiger charge is -2.11. The Morgan fingerprint density at radius 1 is 0.958 bits per heavy atom. The fourth-order valence-electron chi connectivity index (χ4n) is 1.91. The van der Waals surface area contributed by atoms with Crippen LogP contribution >= 0.6 is 0 Å². The molecular formula is C14H11NO8S. The highest BCUT2D eigenvalue weighted by molar-refractivity contribution is 7.86. The summed E-state index contributed by atoms with van der Waals surface area (Å²) in [4.78, 5) is 22.2. The summed E-state index contributed by atoms with van der Waals surface area (Å²) in [5.74, 6) is -4.06. The lowest BCUT2D eigenvalue weighted by atomic mass is 10.1. The number of phenols is 2. The van der Waals surface area contributed by atoms with Crippen molar-refractivity contribution >= 4 is 27.7 Å². The summed E-state index contributed by atoms with van der Waals surface area (Å²) in [5.41, 5.74) is -0.781. The molecule has 2 aromatic carbocycles. The minimum Gasteiger partial charge on any atom is -0.507 e. The van der Waals surface area contributed by atoms with Gasteiger partial charge in [-0.2, -0.15) is 8.42 Å². The van der Waals surface area contributed by atoms with Gasteiger partial charge in [-0.15, -0.1) is 0 Å². The summed E-state index contributed by atoms with van der Waals surface area (Å²) in [5, 5.41) is 30.6. The van der Waals surface area contributed by atoms with Gasteiger partial charge in [0, 0.05) is 6.07 Å². The first-order chi connectivity index (χ1) is 11.1. The minimum atomic E-state index is -4.79. The Hall–Kier alpha value is -3.11. The second-order valence-electron chi connectivity index (χ2n) is 4.62. The van der Waals surface area contributed by atoms with Crippen molar-refractivity contribution in [2.24, 2.45) is 0 Å². The fourth-order valence-corrected chi connectivity index (χ4v) is 2.50. The van der Waals surface area contributed by atoms with Crippen LogP contribution in [0, 0.1) is 0 Å². The van der Waals surface area contributed by atoms with E-state index in [1.54, 1.807) is 0 Å². The van der Waals surface area contributed by atoms with Gasteiger partial charge in [0.05, 0.1) is 16.8 Å². The van der Waals surface area contributed by atoms with Crippen molar-refractivity contribution in [1.29, 1.82) is 0 Å². The molecule has 0 aliphatic carbocycles. The van der Waals surface area contributed by atoms with E-state index in [4.69, 9.17) is 9.66 Å². The summed E-state index contributed by atoms with van der Waals surface area (Å²) < 4.78 is 30.9. The standard InChI is InChI=1S/C14H11NO8S/c16-10-6-12(24(21,22)23)11(17)5-8(10)13(18)15-9-4-2-1-3-7(9)14(19)20/h1-6,16-17H,(H,15,18)(H,19,20)(H,21,22,23). The molecule has 0 spiro atoms. The lowest BCUT2D eigenvalue weighted by Crippen LogP contribution is -2.15. The first-order valence-electron chi connectivity index (χ1n) is 6.28. The smallest absolute Gasteiger partial charge is 0.337 e. The van der Waals surface area contributed by atoms with Crippen LogP contribution in [0.5, 0.6) is 11.5 Å². The highest BCUT2D eigenvalue weighted by Gasteiger charge is 2.22. The monoisotopic (exact) mass is 353 g/mol. The van der Waals surface area contributed by atoms with Crippen molar-refractivity contribution in [1.82, 2.24) is 0 Å². The maximum atomic E-state index is 12.1. The number of carbonyl (C=O) groups excluding carboxylic acids is 1. The quantitative estimate of drug-likeness (QED) is 0.406. The summed E-state index contributed by atoms with van der Waals surface area (Å²) >= 11 is 0. The van der Waals surface area contributed by atoms with Crippen LogP contribution in [0.15, 0.2) is 41.3 Å². The molecule has 0 heterocycles. The predicted molar refractivity (Wildman–Crippen MR) is 80.9 cm³/mol. The van der Waals surface area contributed by atoms with E-state index in [9.17, 15) is 28.2 Å². The van der Waals surface area contributed by atoms with E-state index in [-0.39, 0.29) is 11.3 Å². The second-order valence-corrected chi connectivity index (χ2v) is 6.01. The van der Waals surface area contributed by atoms with E-state index in [0.29, 0.717) is 12.1 Å². The number of rotatable bonds is 4. The molecule has 0 saturated carbocycles. The molecule has 24 heavy (non-hydrogen) atoms. The van der Waals surface area contributed by atoms with E-state index in [0.717, 1.165) is 0 Å². The molecule has 0 bridgehead atoms. The van der Waals surface area contributed by atoms with Crippen LogP contribution < -0.4 is 5.32 Å². The van der Waals surface area contributed by atoms with Crippen LogP contribution in [-0.2, 0) is 10.1 Å². The predicted octanol–water partition coefficient (Wildman–Crippen LogP) is 1.29. The Kier molecular flexibility index (Phi) is 4.44. The highest BCUT2D eigenvalue weighted by Crippen LogP contribution is 2.31. The number of benzene rings is 2. The number of hydrogen-bond donors (Lipinski definition) is 5. The molecule has 5 N–H and O–H groups in total. The zero-order chi connectivity index (χ0) is 18.1. The van der Waals surface area contributed by atoms with Crippen molar-refractivity contribution in [2.75, 3.05) is 5.32 Å². The van der Waals surface area contributed by atoms with Gasteiger partial charge in [0.2, 0.25) is 0 Å². The topological polar surface area (TPSA) is 161 Å². The maximum absolute atomic E-state index is 12.1. The third-order valence-corrected chi connectivity index (χ3v) is 3.89. The summed E-state index contributed by atoms with van der Waals surface area (Å²) in [7, 11) is -4.79. The van der Waals surface area contributed by atoms with E-state index in [2.05, 4.69) is 5.32 Å². The van der Waals surface area contributed by atoms with Crippen LogP contribution in [0.25, 0.3) is 0 Å². The van der Waals surface area contributed by atoms with E-state index in [1.807, 2.05) is 0 Å². The van der Waals surface area contributed by atoms with Gasteiger partial charge in [0.25, 0.3) is 16.0 Å². The van der Waals surface area contributed by atoms with Gasteiger partial charge in [-0.3, -0.25) is 9.35 Å². The Bertz CT molecular complexity index is 936. The highest BCUT2D eigenvalue weighted by atomic mass is 32.2. The summed E-state index contributed by atoms with van der Waals surface area (Å²) in [6.07, 6.45) is 0. The van der Waals surface area contributed by atoms with Crippen LogP contribution in [0.3, 0.4) is 0 Å². The van der Waals surface area contributed by atoms with Gasteiger partial charge < -0.3 is 20.6 Å². The van der Waals surface area contributed by atoms with Crippen molar-refractivity contribution < 1.29 is 37.9 Å². The molecule has 0 saturated heterocycles. The van der Waals surface area contributed by atoms with Gasteiger partial charge in [0.15, 0.2) is 0 Å². The summed E-state index contributed by atoms with van der Waals surface area (Å²) in [6.45, 7) is 0. The van der Waals surface area contributed by atoms with Gasteiger partial charge in [-0.05, 0) is 18.2 Å². The number of carboxylic acid groups (broad SMARTS) is 1. The molecule has 1 amide bonds.